The number of amides is 2. The van der Waals surface area contributed by atoms with Gasteiger partial charge in [0.25, 0.3) is 5.91 Å². The van der Waals surface area contributed by atoms with Crippen LogP contribution in [0.2, 0.25) is 0 Å². The number of nitrogens with zero attached hydrogens (tertiary/aromatic N) is 3. The number of ether oxygens (including phenoxy) is 1. The summed E-state index contributed by atoms with van der Waals surface area (Å²) >= 11 is 2.66. The van der Waals surface area contributed by atoms with E-state index in [9.17, 15) is 9.59 Å². The van der Waals surface area contributed by atoms with E-state index >= 15 is 0 Å². The van der Waals surface area contributed by atoms with Gasteiger partial charge in [-0.2, -0.15) is 0 Å². The van der Waals surface area contributed by atoms with Crippen LogP contribution in [0.3, 0.4) is 0 Å². The van der Waals surface area contributed by atoms with Gasteiger partial charge in [0.2, 0.25) is 5.91 Å². The molecule has 2 amide bonds. The first-order chi connectivity index (χ1) is 17.4. The molecule has 2 heterocycles. The van der Waals surface area contributed by atoms with Crippen molar-refractivity contribution < 1.29 is 14.3 Å². The standard InChI is InChI=1S/C26H27N5O3S2/c1-4-34-20-11-9-19(10-12-20)31-23(15-27-25(33)22-6-5-13-35-22)29-30-26(31)36-16-24(32)28-21-14-17(2)7-8-18(21)3/h5-14H,4,15-16H2,1-3H3,(H,27,33)(H,28,32). The van der Waals surface area contributed by atoms with Gasteiger partial charge >= 0.3 is 0 Å². The van der Waals surface area contributed by atoms with Crippen molar-refractivity contribution >= 4 is 40.6 Å². The average molecular weight is 522 g/mol. The molecule has 2 N–H and O–H groups in total. The van der Waals surface area contributed by atoms with Gasteiger partial charge in [0.1, 0.15) is 5.75 Å². The first kappa shape index (κ1) is 25.5. The molecule has 4 aromatic rings. The highest BCUT2D eigenvalue weighted by Crippen LogP contribution is 2.25. The summed E-state index contributed by atoms with van der Waals surface area (Å²) in [5.74, 6) is 1.16. The van der Waals surface area contributed by atoms with Crippen molar-refractivity contribution in [3.8, 4) is 11.4 Å². The van der Waals surface area contributed by atoms with Crippen LogP contribution < -0.4 is 15.4 Å². The number of thioether (sulfide) groups is 1. The molecule has 0 aliphatic rings. The molecule has 10 heteroatoms. The number of carbonyl (C=O) groups excluding carboxylic acids is 2. The lowest BCUT2D eigenvalue weighted by molar-refractivity contribution is -0.113. The van der Waals surface area contributed by atoms with Crippen LogP contribution in [-0.4, -0.2) is 38.9 Å². The van der Waals surface area contributed by atoms with Crippen molar-refractivity contribution in [3.05, 3.63) is 81.8 Å². The number of nitrogens with one attached hydrogen (secondary N) is 2. The fraction of sp³-hybridized carbons (Fsp3) is 0.231. The minimum atomic E-state index is -0.173. The van der Waals surface area contributed by atoms with Gasteiger partial charge in [-0.15, -0.1) is 21.5 Å². The molecule has 0 atom stereocenters. The van der Waals surface area contributed by atoms with E-state index in [2.05, 4.69) is 20.8 Å². The summed E-state index contributed by atoms with van der Waals surface area (Å²) < 4.78 is 7.41. The maximum Gasteiger partial charge on any atom is 0.261 e. The van der Waals surface area contributed by atoms with Crippen LogP contribution in [0.5, 0.6) is 5.75 Å². The van der Waals surface area contributed by atoms with Gasteiger partial charge in [0, 0.05) is 11.4 Å². The molecule has 4 rings (SSSR count). The van der Waals surface area contributed by atoms with E-state index in [-0.39, 0.29) is 24.1 Å². The predicted molar refractivity (Wildman–Crippen MR) is 143 cm³/mol. The second-order valence-electron chi connectivity index (χ2n) is 7.98. The number of aromatic nitrogens is 3. The Kier molecular flexibility index (Phi) is 8.40. The Hall–Kier alpha value is -3.63. The number of rotatable bonds is 10. The second kappa shape index (κ2) is 11.9. The fourth-order valence-electron chi connectivity index (χ4n) is 3.47. The summed E-state index contributed by atoms with van der Waals surface area (Å²) in [6.45, 7) is 6.64. The van der Waals surface area contributed by atoms with Crippen LogP contribution in [-0.2, 0) is 11.3 Å². The Balaban J connectivity index is 1.52. The van der Waals surface area contributed by atoms with Crippen LogP contribution in [0.1, 0.15) is 33.5 Å². The molecular weight excluding hydrogens is 494 g/mol. The molecule has 0 spiro atoms. The zero-order valence-corrected chi connectivity index (χ0v) is 21.9. The van der Waals surface area contributed by atoms with Crippen molar-refractivity contribution in [2.24, 2.45) is 0 Å². The molecule has 0 radical (unpaired) electrons. The minimum absolute atomic E-state index is 0.137. The zero-order chi connectivity index (χ0) is 25.5. The minimum Gasteiger partial charge on any atom is -0.494 e. The zero-order valence-electron chi connectivity index (χ0n) is 20.3. The summed E-state index contributed by atoms with van der Waals surface area (Å²) in [5.41, 5.74) is 3.68. The summed E-state index contributed by atoms with van der Waals surface area (Å²) in [6.07, 6.45) is 0. The Morgan fingerprint density at radius 2 is 1.89 bits per heavy atom. The van der Waals surface area contributed by atoms with E-state index in [4.69, 9.17) is 4.74 Å². The lowest BCUT2D eigenvalue weighted by Gasteiger charge is -2.12. The number of hydrogen-bond acceptors (Lipinski definition) is 7. The molecular formula is C26H27N5O3S2. The van der Waals surface area contributed by atoms with Crippen LogP contribution in [0.4, 0.5) is 5.69 Å². The molecule has 0 saturated carbocycles. The maximum absolute atomic E-state index is 12.7. The number of carbonyl (C=O) groups is 2. The highest BCUT2D eigenvalue weighted by molar-refractivity contribution is 7.99. The van der Waals surface area contributed by atoms with E-state index in [0.29, 0.717) is 22.5 Å². The third-order valence-corrected chi connectivity index (χ3v) is 7.06. The van der Waals surface area contributed by atoms with Gasteiger partial charge in [-0.25, -0.2) is 0 Å². The monoisotopic (exact) mass is 521 g/mol. The normalized spacial score (nSPS) is 10.8. The van der Waals surface area contributed by atoms with Crippen molar-refractivity contribution in [3.63, 3.8) is 0 Å². The molecule has 36 heavy (non-hydrogen) atoms. The lowest BCUT2D eigenvalue weighted by atomic mass is 10.1. The molecule has 2 aromatic heterocycles. The molecule has 0 bridgehead atoms. The number of aryl methyl sites for hydroxylation is 2. The third-order valence-electron chi connectivity index (χ3n) is 5.26. The Labute approximate surface area is 218 Å². The van der Waals surface area contributed by atoms with Crippen LogP contribution in [0, 0.1) is 13.8 Å². The number of benzene rings is 2. The Morgan fingerprint density at radius 1 is 1.08 bits per heavy atom. The summed E-state index contributed by atoms with van der Waals surface area (Å²) in [6, 6.07) is 17.1. The van der Waals surface area contributed by atoms with E-state index in [1.165, 1.54) is 23.1 Å². The highest BCUT2D eigenvalue weighted by Gasteiger charge is 2.18. The van der Waals surface area contributed by atoms with Gasteiger partial charge in [-0.3, -0.25) is 14.2 Å². The summed E-state index contributed by atoms with van der Waals surface area (Å²) in [4.78, 5) is 25.8. The van der Waals surface area contributed by atoms with Gasteiger partial charge in [0.05, 0.1) is 23.8 Å². The van der Waals surface area contributed by atoms with Gasteiger partial charge in [-0.05, 0) is 73.7 Å². The number of anilines is 1. The van der Waals surface area contributed by atoms with Gasteiger partial charge in [-0.1, -0.05) is 30.0 Å². The van der Waals surface area contributed by atoms with Gasteiger partial charge < -0.3 is 15.4 Å². The SMILES string of the molecule is CCOc1ccc(-n2c(CNC(=O)c3cccs3)nnc2SCC(=O)Nc2cc(C)ccc2C)cc1. The maximum atomic E-state index is 12.7. The first-order valence-corrected chi connectivity index (χ1v) is 13.3. The van der Waals surface area contributed by atoms with E-state index in [0.717, 1.165) is 28.3 Å². The van der Waals surface area contributed by atoms with Crippen LogP contribution in [0.25, 0.3) is 5.69 Å². The first-order valence-electron chi connectivity index (χ1n) is 11.4. The number of hydrogen-bond donors (Lipinski definition) is 2. The molecule has 0 fully saturated rings. The average Bonchev–Trinajstić information content (AvgIpc) is 3.55. The van der Waals surface area contributed by atoms with Crippen molar-refractivity contribution in [1.82, 2.24) is 20.1 Å². The second-order valence-corrected chi connectivity index (χ2v) is 9.87. The van der Waals surface area contributed by atoms with Crippen molar-refractivity contribution in [2.75, 3.05) is 17.7 Å². The topological polar surface area (TPSA) is 98.1 Å². The quantitative estimate of drug-likeness (QED) is 0.285. The molecule has 0 saturated heterocycles. The van der Waals surface area contributed by atoms with Gasteiger partial charge in [0.15, 0.2) is 11.0 Å². The molecule has 186 valence electrons. The molecule has 2 aromatic carbocycles. The molecule has 0 aliphatic carbocycles. The highest BCUT2D eigenvalue weighted by atomic mass is 32.2. The Bertz CT molecular complexity index is 1330. The van der Waals surface area contributed by atoms with Crippen LogP contribution >= 0.6 is 23.1 Å². The smallest absolute Gasteiger partial charge is 0.261 e. The molecule has 8 nitrogen and oxygen atoms in total. The van der Waals surface area contributed by atoms with E-state index < -0.39 is 0 Å². The Morgan fingerprint density at radius 3 is 2.61 bits per heavy atom. The third kappa shape index (κ3) is 6.32. The fourth-order valence-corrected chi connectivity index (χ4v) is 4.88. The number of thiophene rings is 1. The van der Waals surface area contributed by atoms with E-state index in [1.807, 2.05) is 79.2 Å². The summed E-state index contributed by atoms with van der Waals surface area (Å²) in [5, 5.41) is 16.9. The van der Waals surface area contributed by atoms with E-state index in [1.54, 1.807) is 6.07 Å². The summed E-state index contributed by atoms with van der Waals surface area (Å²) in [7, 11) is 0. The van der Waals surface area contributed by atoms with Crippen molar-refractivity contribution in [2.45, 2.75) is 32.5 Å². The molecule has 0 aliphatic heterocycles. The van der Waals surface area contributed by atoms with Crippen LogP contribution in [0.15, 0.2) is 65.1 Å². The lowest BCUT2D eigenvalue weighted by Crippen LogP contribution is -2.24. The predicted octanol–water partition coefficient (Wildman–Crippen LogP) is 5.01. The van der Waals surface area contributed by atoms with Crippen molar-refractivity contribution in [1.29, 1.82) is 0 Å². The molecule has 0 unspecified atom stereocenters. The largest absolute Gasteiger partial charge is 0.494 e.